The van der Waals surface area contributed by atoms with Crippen molar-refractivity contribution in [3.05, 3.63) is 53.4 Å². The minimum atomic E-state index is -0.0766. The van der Waals surface area contributed by atoms with Crippen LogP contribution in [0.5, 0.6) is 0 Å². The number of rotatable bonds is 3. The molecule has 1 aromatic carbocycles. The first-order chi connectivity index (χ1) is 13.1. The van der Waals surface area contributed by atoms with E-state index in [4.69, 9.17) is 11.6 Å². The van der Waals surface area contributed by atoms with Crippen LogP contribution in [0.3, 0.4) is 0 Å². The number of piperidine rings is 1. The Bertz CT molecular complexity index is 970. The van der Waals surface area contributed by atoms with Gasteiger partial charge in [-0.2, -0.15) is 0 Å². The fraction of sp³-hybridized carbons (Fsp3) is 0.350. The van der Waals surface area contributed by atoms with E-state index >= 15 is 0 Å². The molecule has 2 amide bonds. The number of aryl methyl sites for hydroxylation is 1. The molecule has 140 valence electrons. The van der Waals surface area contributed by atoms with E-state index in [1.165, 1.54) is 0 Å². The quantitative estimate of drug-likeness (QED) is 0.731. The van der Waals surface area contributed by atoms with Gasteiger partial charge in [-0.1, -0.05) is 17.7 Å². The second kappa shape index (κ2) is 7.56. The third-order valence-electron chi connectivity index (χ3n) is 5.02. The van der Waals surface area contributed by atoms with Crippen molar-refractivity contribution in [3.63, 3.8) is 0 Å². The smallest absolute Gasteiger partial charge is 0.321 e. The predicted molar refractivity (Wildman–Crippen MR) is 107 cm³/mol. The van der Waals surface area contributed by atoms with Crippen LogP contribution in [0.2, 0.25) is 5.02 Å². The number of nitrogens with one attached hydrogen (secondary N) is 1. The molecule has 0 saturated carbocycles. The molecule has 1 aliphatic heterocycles. The number of urea groups is 1. The summed E-state index contributed by atoms with van der Waals surface area (Å²) in [6, 6.07) is 11.0. The highest BCUT2D eigenvalue weighted by molar-refractivity contribution is 6.30. The predicted octanol–water partition coefficient (Wildman–Crippen LogP) is 4.34. The molecule has 3 aromatic rings. The second-order valence-corrected chi connectivity index (χ2v) is 7.45. The fourth-order valence-electron chi connectivity index (χ4n) is 3.72. The molecule has 1 fully saturated rings. The monoisotopic (exact) mass is 383 g/mol. The average Bonchev–Trinajstić information content (AvgIpc) is 2.97. The summed E-state index contributed by atoms with van der Waals surface area (Å²) in [6.07, 6.45) is 3.88. The number of benzene rings is 1. The van der Waals surface area contributed by atoms with Crippen molar-refractivity contribution in [1.82, 2.24) is 19.4 Å². The van der Waals surface area contributed by atoms with Gasteiger partial charge in [-0.25, -0.2) is 14.8 Å². The van der Waals surface area contributed by atoms with Gasteiger partial charge in [0.05, 0.1) is 0 Å². The number of imidazole rings is 1. The highest BCUT2D eigenvalue weighted by Gasteiger charge is 2.25. The van der Waals surface area contributed by atoms with Crippen molar-refractivity contribution in [3.8, 4) is 0 Å². The highest BCUT2D eigenvalue weighted by Crippen LogP contribution is 2.23. The van der Waals surface area contributed by atoms with E-state index < -0.39 is 0 Å². The van der Waals surface area contributed by atoms with Crippen LogP contribution in [0, 0.1) is 12.8 Å². The maximum Gasteiger partial charge on any atom is 0.321 e. The van der Waals surface area contributed by atoms with Gasteiger partial charge in [0.2, 0.25) is 0 Å². The molecule has 27 heavy (non-hydrogen) atoms. The van der Waals surface area contributed by atoms with Crippen molar-refractivity contribution in [2.24, 2.45) is 5.92 Å². The molecule has 0 spiro atoms. The van der Waals surface area contributed by atoms with Crippen LogP contribution in [0.4, 0.5) is 10.5 Å². The van der Waals surface area contributed by atoms with E-state index in [2.05, 4.69) is 19.9 Å². The van der Waals surface area contributed by atoms with Crippen LogP contribution in [0.25, 0.3) is 11.2 Å². The van der Waals surface area contributed by atoms with Gasteiger partial charge in [0.1, 0.15) is 11.3 Å². The number of nitrogens with zero attached hydrogens (tertiary/aromatic N) is 4. The van der Waals surface area contributed by atoms with Crippen molar-refractivity contribution < 1.29 is 4.79 Å². The summed E-state index contributed by atoms with van der Waals surface area (Å²) in [4.78, 5) is 23.6. The number of hydrogen-bond donors (Lipinski definition) is 1. The molecule has 0 radical (unpaired) electrons. The first-order valence-corrected chi connectivity index (χ1v) is 9.57. The molecule has 0 bridgehead atoms. The lowest BCUT2D eigenvalue weighted by Gasteiger charge is -2.33. The molecule has 1 saturated heterocycles. The lowest BCUT2D eigenvalue weighted by atomic mass is 9.98. The third-order valence-corrected chi connectivity index (χ3v) is 5.25. The molecule has 1 aliphatic rings. The van der Waals surface area contributed by atoms with Crippen molar-refractivity contribution in [2.45, 2.75) is 26.3 Å². The highest BCUT2D eigenvalue weighted by atomic mass is 35.5. The van der Waals surface area contributed by atoms with Crippen LogP contribution in [-0.2, 0) is 6.54 Å². The Hall–Kier alpha value is -2.60. The van der Waals surface area contributed by atoms with Gasteiger partial charge >= 0.3 is 6.03 Å². The number of fused-ring (bicyclic) bond motifs is 1. The first-order valence-electron chi connectivity index (χ1n) is 9.19. The normalized spacial score (nSPS) is 17.3. The third kappa shape index (κ3) is 3.90. The summed E-state index contributed by atoms with van der Waals surface area (Å²) in [5.74, 6) is 1.34. The standard InChI is InChI=1S/C20H22ClN5O/c1-14-23-18-8-3-9-22-19(18)26(14)13-15-5-4-10-25(12-15)20(27)24-17-7-2-6-16(21)11-17/h2-3,6-9,11,15H,4-5,10,12-13H2,1H3,(H,24,27). The van der Waals surface area contributed by atoms with E-state index in [0.717, 1.165) is 55.2 Å². The number of amides is 2. The zero-order valence-electron chi connectivity index (χ0n) is 15.2. The lowest BCUT2D eigenvalue weighted by molar-refractivity contribution is 0.170. The van der Waals surface area contributed by atoms with Gasteiger partial charge in [0.25, 0.3) is 0 Å². The SMILES string of the molecule is Cc1nc2cccnc2n1CC1CCCN(C(=O)Nc2cccc(Cl)c2)C1. The molecule has 0 aliphatic carbocycles. The average molecular weight is 384 g/mol. The Morgan fingerprint density at radius 1 is 1.33 bits per heavy atom. The molecule has 3 heterocycles. The Balaban J connectivity index is 1.44. The Morgan fingerprint density at radius 2 is 2.22 bits per heavy atom. The van der Waals surface area contributed by atoms with Crippen LogP contribution in [0.1, 0.15) is 18.7 Å². The molecule has 2 aromatic heterocycles. The minimum Gasteiger partial charge on any atom is -0.324 e. The maximum atomic E-state index is 12.6. The van der Waals surface area contributed by atoms with Gasteiger partial charge in [-0.3, -0.25) is 0 Å². The zero-order chi connectivity index (χ0) is 18.8. The van der Waals surface area contributed by atoms with Crippen LogP contribution in [0.15, 0.2) is 42.6 Å². The van der Waals surface area contributed by atoms with Crippen molar-refractivity contribution in [1.29, 1.82) is 0 Å². The van der Waals surface area contributed by atoms with Gasteiger partial charge in [-0.15, -0.1) is 0 Å². The molecule has 7 heteroatoms. The summed E-state index contributed by atoms with van der Waals surface area (Å²) in [5.41, 5.74) is 2.55. The van der Waals surface area contributed by atoms with Crippen LogP contribution in [-0.4, -0.2) is 38.6 Å². The summed E-state index contributed by atoms with van der Waals surface area (Å²) in [5, 5.41) is 3.55. The number of anilines is 1. The van der Waals surface area contributed by atoms with E-state index in [1.54, 1.807) is 18.3 Å². The largest absolute Gasteiger partial charge is 0.324 e. The molecule has 1 atom stereocenters. The summed E-state index contributed by atoms with van der Waals surface area (Å²) < 4.78 is 2.17. The van der Waals surface area contributed by atoms with Crippen molar-refractivity contribution in [2.75, 3.05) is 18.4 Å². The van der Waals surface area contributed by atoms with E-state index in [9.17, 15) is 4.79 Å². The second-order valence-electron chi connectivity index (χ2n) is 7.01. The summed E-state index contributed by atoms with van der Waals surface area (Å²) in [6.45, 7) is 4.32. The summed E-state index contributed by atoms with van der Waals surface area (Å²) >= 11 is 6.00. The van der Waals surface area contributed by atoms with E-state index in [0.29, 0.717) is 10.9 Å². The Labute approximate surface area is 163 Å². The Morgan fingerprint density at radius 3 is 3.07 bits per heavy atom. The fourth-order valence-corrected chi connectivity index (χ4v) is 3.91. The molecule has 4 rings (SSSR count). The number of carbonyl (C=O) groups excluding carboxylic acids is 1. The van der Waals surface area contributed by atoms with Gasteiger partial charge < -0.3 is 14.8 Å². The van der Waals surface area contributed by atoms with Gasteiger partial charge in [0, 0.05) is 36.5 Å². The number of likely N-dealkylation sites (tertiary alicyclic amines) is 1. The number of pyridine rings is 1. The lowest BCUT2D eigenvalue weighted by Crippen LogP contribution is -2.43. The Kier molecular flexibility index (Phi) is 4.99. The minimum absolute atomic E-state index is 0.0766. The molecule has 6 nitrogen and oxygen atoms in total. The van der Waals surface area contributed by atoms with E-state index in [1.807, 2.05) is 36.1 Å². The number of hydrogen-bond acceptors (Lipinski definition) is 3. The molecule has 1 N–H and O–H groups in total. The summed E-state index contributed by atoms with van der Waals surface area (Å²) in [7, 11) is 0. The first kappa shape index (κ1) is 17.8. The van der Waals surface area contributed by atoms with Gasteiger partial charge in [-0.05, 0) is 56.0 Å². The van der Waals surface area contributed by atoms with Crippen LogP contribution < -0.4 is 5.32 Å². The maximum absolute atomic E-state index is 12.6. The topological polar surface area (TPSA) is 63.1 Å². The van der Waals surface area contributed by atoms with Crippen molar-refractivity contribution >= 4 is 34.5 Å². The van der Waals surface area contributed by atoms with Gasteiger partial charge in [0.15, 0.2) is 5.65 Å². The number of aromatic nitrogens is 3. The van der Waals surface area contributed by atoms with E-state index in [-0.39, 0.29) is 6.03 Å². The zero-order valence-corrected chi connectivity index (χ0v) is 16.0. The van der Waals surface area contributed by atoms with Crippen LogP contribution >= 0.6 is 11.6 Å². The number of halogens is 1. The molecular weight excluding hydrogens is 362 g/mol. The molecular formula is C20H22ClN5O. The molecule has 1 unspecified atom stereocenters. The number of carbonyl (C=O) groups is 1.